The molecule has 3 aromatic rings. The van der Waals surface area contributed by atoms with Crippen LogP contribution in [0.1, 0.15) is 81.4 Å². The predicted molar refractivity (Wildman–Crippen MR) is 136 cm³/mol. The molecule has 0 heterocycles. The first-order chi connectivity index (χ1) is 17.0. The van der Waals surface area contributed by atoms with Crippen molar-refractivity contribution in [2.45, 2.75) is 77.7 Å². The van der Waals surface area contributed by atoms with Gasteiger partial charge in [0, 0.05) is 5.56 Å². The normalized spacial score (nSPS) is 18.0. The third kappa shape index (κ3) is 6.09. The zero-order chi connectivity index (χ0) is 24.8. The van der Waals surface area contributed by atoms with Crippen molar-refractivity contribution in [3.05, 3.63) is 88.7 Å². The van der Waals surface area contributed by atoms with E-state index in [1.165, 1.54) is 62.3 Å². The lowest BCUT2D eigenvalue weighted by molar-refractivity contribution is 0.290. The summed E-state index contributed by atoms with van der Waals surface area (Å²) in [6, 6.07) is 15.8. The number of rotatable bonds is 9. The highest BCUT2D eigenvalue weighted by Gasteiger charge is 2.22. The number of ether oxygens (including phenoxy) is 1. The van der Waals surface area contributed by atoms with Crippen LogP contribution in [-0.4, -0.2) is 0 Å². The third-order valence-electron chi connectivity index (χ3n) is 7.31. The van der Waals surface area contributed by atoms with Crippen LogP contribution in [0.4, 0.5) is 13.2 Å². The van der Waals surface area contributed by atoms with Gasteiger partial charge in [0.25, 0.3) is 0 Å². The first kappa shape index (κ1) is 25.3. The molecule has 1 aliphatic rings. The average molecular weight is 481 g/mol. The van der Waals surface area contributed by atoms with E-state index in [-0.39, 0.29) is 23.5 Å². The van der Waals surface area contributed by atoms with E-state index < -0.39 is 17.5 Å². The van der Waals surface area contributed by atoms with Crippen LogP contribution in [0, 0.1) is 23.4 Å². The lowest BCUT2D eigenvalue weighted by Crippen LogP contribution is -2.13. The van der Waals surface area contributed by atoms with Crippen molar-refractivity contribution in [2.24, 2.45) is 5.92 Å². The molecule has 0 aromatic heterocycles. The molecular formula is C31H35F3O. The van der Waals surface area contributed by atoms with Gasteiger partial charge in [-0.3, -0.25) is 0 Å². The van der Waals surface area contributed by atoms with E-state index in [0.29, 0.717) is 17.9 Å². The summed E-state index contributed by atoms with van der Waals surface area (Å²) in [5, 5.41) is 0. The van der Waals surface area contributed by atoms with E-state index in [1.807, 2.05) is 6.92 Å². The van der Waals surface area contributed by atoms with Crippen molar-refractivity contribution >= 4 is 0 Å². The molecule has 1 fully saturated rings. The smallest absolute Gasteiger partial charge is 0.166 e. The molecule has 4 heteroatoms. The fourth-order valence-electron chi connectivity index (χ4n) is 5.30. The van der Waals surface area contributed by atoms with Crippen molar-refractivity contribution in [1.29, 1.82) is 0 Å². The summed E-state index contributed by atoms with van der Waals surface area (Å²) in [6.45, 7) is 4.42. The molecule has 1 aliphatic carbocycles. The molecular weight excluding hydrogens is 445 g/mol. The lowest BCUT2D eigenvalue weighted by atomic mass is 9.77. The van der Waals surface area contributed by atoms with Crippen molar-refractivity contribution in [2.75, 3.05) is 0 Å². The van der Waals surface area contributed by atoms with Crippen LogP contribution in [0.5, 0.6) is 5.75 Å². The molecule has 0 radical (unpaired) electrons. The number of benzene rings is 3. The van der Waals surface area contributed by atoms with Gasteiger partial charge in [0.2, 0.25) is 0 Å². The van der Waals surface area contributed by atoms with Gasteiger partial charge in [-0.1, -0.05) is 75.6 Å². The molecule has 0 atom stereocenters. The molecule has 35 heavy (non-hydrogen) atoms. The summed E-state index contributed by atoms with van der Waals surface area (Å²) in [4.78, 5) is 0. The van der Waals surface area contributed by atoms with Crippen LogP contribution in [0.2, 0.25) is 0 Å². The highest BCUT2D eigenvalue weighted by Crippen LogP contribution is 2.37. The van der Waals surface area contributed by atoms with Crippen molar-refractivity contribution in [3.8, 4) is 16.9 Å². The van der Waals surface area contributed by atoms with Gasteiger partial charge in [-0.15, -0.1) is 0 Å². The minimum atomic E-state index is -0.942. The Morgan fingerprint density at radius 2 is 1.54 bits per heavy atom. The van der Waals surface area contributed by atoms with Gasteiger partial charge in [0.05, 0.1) is 0 Å². The van der Waals surface area contributed by atoms with Crippen molar-refractivity contribution < 1.29 is 17.9 Å². The Kier molecular flexibility index (Phi) is 8.54. The average Bonchev–Trinajstić information content (AvgIpc) is 2.87. The van der Waals surface area contributed by atoms with Crippen LogP contribution in [-0.2, 0) is 13.0 Å². The summed E-state index contributed by atoms with van der Waals surface area (Å²) < 4.78 is 49.3. The molecule has 186 valence electrons. The highest BCUT2D eigenvalue weighted by molar-refractivity contribution is 5.65. The first-order valence-corrected chi connectivity index (χ1v) is 13.0. The predicted octanol–water partition coefficient (Wildman–Crippen LogP) is 9.38. The van der Waals surface area contributed by atoms with Crippen LogP contribution < -0.4 is 4.74 Å². The monoisotopic (exact) mass is 480 g/mol. The second-order valence-electron chi connectivity index (χ2n) is 9.83. The number of aryl methyl sites for hydroxylation is 1. The quantitative estimate of drug-likeness (QED) is 0.296. The Hall–Kier alpha value is -2.75. The molecule has 1 nitrogen and oxygen atoms in total. The van der Waals surface area contributed by atoms with Gasteiger partial charge >= 0.3 is 0 Å². The number of halogens is 3. The fourth-order valence-corrected chi connectivity index (χ4v) is 5.30. The SMILES string of the molecule is CCCc1ccc(-c2ccc(OCc3ccc(C4CCC(CCC)CC4)cc3)c(F)c2)c(F)c1F. The summed E-state index contributed by atoms with van der Waals surface area (Å²) in [5.41, 5.74) is 3.01. The molecule has 0 aliphatic heterocycles. The summed E-state index contributed by atoms with van der Waals surface area (Å²) >= 11 is 0. The summed E-state index contributed by atoms with van der Waals surface area (Å²) in [5.74, 6) is -0.785. The van der Waals surface area contributed by atoms with Crippen molar-refractivity contribution in [3.63, 3.8) is 0 Å². The minimum absolute atomic E-state index is 0.0483. The maximum Gasteiger partial charge on any atom is 0.166 e. The Labute approximate surface area is 207 Å². The van der Waals surface area contributed by atoms with E-state index in [1.54, 1.807) is 12.1 Å². The largest absolute Gasteiger partial charge is 0.486 e. The molecule has 0 bridgehead atoms. The summed E-state index contributed by atoms with van der Waals surface area (Å²) in [6.07, 6.45) is 8.95. The van der Waals surface area contributed by atoms with E-state index in [4.69, 9.17) is 4.74 Å². The Balaban J connectivity index is 1.37. The molecule has 0 saturated heterocycles. The zero-order valence-corrected chi connectivity index (χ0v) is 20.8. The molecule has 4 rings (SSSR count). The van der Waals surface area contributed by atoms with Crippen LogP contribution in [0.25, 0.3) is 11.1 Å². The maximum atomic E-state index is 14.7. The summed E-state index contributed by atoms with van der Waals surface area (Å²) in [7, 11) is 0. The Bertz CT molecular complexity index is 1110. The number of hydrogen-bond donors (Lipinski definition) is 0. The van der Waals surface area contributed by atoms with Gasteiger partial charge in [0.1, 0.15) is 6.61 Å². The second kappa shape index (κ2) is 11.8. The maximum absolute atomic E-state index is 14.7. The highest BCUT2D eigenvalue weighted by atomic mass is 19.2. The van der Waals surface area contributed by atoms with E-state index >= 15 is 0 Å². The molecule has 3 aromatic carbocycles. The van der Waals surface area contributed by atoms with Gasteiger partial charge in [-0.25, -0.2) is 13.2 Å². The first-order valence-electron chi connectivity index (χ1n) is 13.0. The van der Waals surface area contributed by atoms with E-state index in [9.17, 15) is 13.2 Å². The van der Waals surface area contributed by atoms with Gasteiger partial charge in [-0.2, -0.15) is 0 Å². The van der Waals surface area contributed by atoms with Gasteiger partial charge in [0.15, 0.2) is 23.2 Å². The van der Waals surface area contributed by atoms with E-state index in [0.717, 1.165) is 17.9 Å². The zero-order valence-electron chi connectivity index (χ0n) is 20.8. The van der Waals surface area contributed by atoms with Crippen molar-refractivity contribution in [1.82, 2.24) is 0 Å². The Morgan fingerprint density at radius 1 is 0.800 bits per heavy atom. The third-order valence-corrected chi connectivity index (χ3v) is 7.31. The van der Waals surface area contributed by atoms with Crippen LogP contribution >= 0.6 is 0 Å². The fraction of sp³-hybridized carbons (Fsp3) is 0.419. The van der Waals surface area contributed by atoms with Gasteiger partial charge in [-0.05, 0) is 78.3 Å². The standard InChI is InChI=1S/C31H35F3O/c1-3-5-21-7-11-23(12-8-21)24-13-9-22(10-14-24)20-35-29-18-16-26(19-28(29)32)27-17-15-25(6-4-2)30(33)31(27)34/h9-10,13-19,21,23H,3-8,11-12,20H2,1-2H3. The van der Waals surface area contributed by atoms with Crippen LogP contribution in [0.15, 0.2) is 54.6 Å². The minimum Gasteiger partial charge on any atom is -0.486 e. The molecule has 0 unspecified atom stereocenters. The lowest BCUT2D eigenvalue weighted by Gasteiger charge is -2.28. The van der Waals surface area contributed by atoms with Gasteiger partial charge < -0.3 is 4.74 Å². The van der Waals surface area contributed by atoms with E-state index in [2.05, 4.69) is 31.2 Å². The molecule has 1 saturated carbocycles. The number of hydrogen-bond acceptors (Lipinski definition) is 1. The molecule has 0 amide bonds. The topological polar surface area (TPSA) is 9.23 Å². The Morgan fingerprint density at radius 3 is 2.20 bits per heavy atom. The van der Waals surface area contributed by atoms with Crippen LogP contribution in [0.3, 0.4) is 0 Å². The second-order valence-corrected chi connectivity index (χ2v) is 9.83. The molecule has 0 N–H and O–H groups in total. The molecule has 0 spiro atoms.